The molecule has 2 N–H and O–H groups in total. The maximum atomic E-state index is 12.1. The minimum atomic E-state index is -0.960. The molecule has 0 heterocycles. The smallest absolute Gasteiger partial charge is 0.326 e. The molecule has 0 aliphatic rings. The summed E-state index contributed by atoms with van der Waals surface area (Å²) < 4.78 is 0. The zero-order valence-electron chi connectivity index (χ0n) is 12.1. The van der Waals surface area contributed by atoms with Gasteiger partial charge in [-0.1, -0.05) is 33.6 Å². The van der Waals surface area contributed by atoms with Crippen molar-refractivity contribution in [3.8, 4) is 0 Å². The molecule has 0 saturated carbocycles. The van der Waals surface area contributed by atoms with Crippen LogP contribution in [0.2, 0.25) is 0 Å². The molecule has 0 spiro atoms. The highest BCUT2D eigenvalue weighted by atomic mass is 16.4. The normalized spacial score (nSPS) is 14.6. The third kappa shape index (κ3) is 5.49. The average molecular weight is 258 g/mol. The van der Waals surface area contributed by atoms with Crippen LogP contribution < -0.4 is 5.32 Å². The lowest BCUT2D eigenvalue weighted by Gasteiger charge is -2.28. The van der Waals surface area contributed by atoms with Gasteiger partial charge in [0.05, 0.1) is 6.04 Å². The lowest BCUT2D eigenvalue weighted by molar-refractivity contribution is -0.143. The Hall–Kier alpha value is -1.10. The molecule has 0 radical (unpaired) electrons. The molecule has 0 aliphatic heterocycles. The minimum Gasteiger partial charge on any atom is -0.480 e. The number of amides is 1. The molecule has 0 aromatic rings. The van der Waals surface area contributed by atoms with E-state index in [9.17, 15) is 9.59 Å². The highest BCUT2D eigenvalue weighted by molar-refractivity contribution is 5.87. The number of rotatable bonds is 8. The van der Waals surface area contributed by atoms with Gasteiger partial charge < -0.3 is 10.4 Å². The molecule has 1 amide bonds. The lowest BCUT2D eigenvalue weighted by atomic mass is 10.0. The van der Waals surface area contributed by atoms with Crippen molar-refractivity contribution in [3.63, 3.8) is 0 Å². The van der Waals surface area contributed by atoms with Gasteiger partial charge in [0.25, 0.3) is 0 Å². The van der Waals surface area contributed by atoms with E-state index in [-0.39, 0.29) is 17.9 Å². The first-order valence-corrected chi connectivity index (χ1v) is 6.50. The van der Waals surface area contributed by atoms with Crippen LogP contribution in [-0.2, 0) is 9.59 Å². The van der Waals surface area contributed by atoms with Crippen molar-refractivity contribution in [2.75, 3.05) is 14.1 Å². The van der Waals surface area contributed by atoms with Crippen molar-refractivity contribution >= 4 is 11.9 Å². The van der Waals surface area contributed by atoms with E-state index < -0.39 is 12.0 Å². The zero-order chi connectivity index (χ0) is 14.3. The number of nitrogens with zero attached hydrogens (tertiary/aromatic N) is 1. The van der Waals surface area contributed by atoms with Gasteiger partial charge in [0.15, 0.2) is 0 Å². The Morgan fingerprint density at radius 1 is 1.28 bits per heavy atom. The van der Waals surface area contributed by atoms with E-state index in [1.54, 1.807) is 0 Å². The molecule has 0 fully saturated rings. The number of likely N-dealkylation sites (N-methyl/N-ethyl adjacent to an activating group) is 1. The van der Waals surface area contributed by atoms with Crippen LogP contribution in [0.1, 0.15) is 40.0 Å². The van der Waals surface area contributed by atoms with Gasteiger partial charge in [0.2, 0.25) is 5.91 Å². The topological polar surface area (TPSA) is 69.6 Å². The number of carbonyl (C=O) groups is 2. The lowest BCUT2D eigenvalue weighted by Crippen LogP contribution is -2.51. The van der Waals surface area contributed by atoms with Crippen molar-refractivity contribution in [1.82, 2.24) is 10.2 Å². The molecule has 0 aromatic carbocycles. The zero-order valence-corrected chi connectivity index (χ0v) is 12.1. The fourth-order valence-corrected chi connectivity index (χ4v) is 2.06. The first-order valence-electron chi connectivity index (χ1n) is 6.50. The van der Waals surface area contributed by atoms with Crippen molar-refractivity contribution < 1.29 is 14.7 Å². The number of aliphatic carboxylic acids is 1. The second-order valence-corrected chi connectivity index (χ2v) is 5.19. The van der Waals surface area contributed by atoms with Crippen LogP contribution in [-0.4, -0.2) is 48.1 Å². The fourth-order valence-electron chi connectivity index (χ4n) is 2.06. The summed E-state index contributed by atoms with van der Waals surface area (Å²) in [6, 6.07) is -1.08. The minimum absolute atomic E-state index is 0.139. The summed E-state index contributed by atoms with van der Waals surface area (Å²) in [5.74, 6) is -1.03. The summed E-state index contributed by atoms with van der Waals surface area (Å²) in [6.07, 6.45) is 2.20. The molecule has 1 unspecified atom stereocenters. The molecule has 0 aliphatic carbocycles. The molecule has 18 heavy (non-hydrogen) atoms. The van der Waals surface area contributed by atoms with Gasteiger partial charge >= 0.3 is 5.97 Å². The number of hydrogen-bond donors (Lipinski definition) is 2. The Bertz CT molecular complexity index is 269. The molecule has 5 heteroatoms. The van der Waals surface area contributed by atoms with Crippen molar-refractivity contribution in [2.24, 2.45) is 5.92 Å². The highest BCUT2D eigenvalue weighted by Crippen LogP contribution is 2.09. The Kier molecular flexibility index (Phi) is 7.59. The SMILES string of the molecule is CCCC[C@H](NC(=O)C(C(C)C)N(C)C)C(=O)O. The number of hydrogen-bond acceptors (Lipinski definition) is 3. The number of carboxylic acids is 1. The number of carboxylic acid groups (broad SMARTS) is 1. The molecular weight excluding hydrogens is 232 g/mol. The highest BCUT2D eigenvalue weighted by Gasteiger charge is 2.28. The maximum Gasteiger partial charge on any atom is 0.326 e. The maximum absolute atomic E-state index is 12.1. The summed E-state index contributed by atoms with van der Waals surface area (Å²) in [7, 11) is 3.65. The summed E-state index contributed by atoms with van der Waals surface area (Å²) in [4.78, 5) is 25.0. The molecule has 2 atom stereocenters. The van der Waals surface area contributed by atoms with Gasteiger partial charge in [-0.3, -0.25) is 9.69 Å². The van der Waals surface area contributed by atoms with Crippen LogP contribution in [0.5, 0.6) is 0 Å². The monoisotopic (exact) mass is 258 g/mol. The number of carbonyl (C=O) groups excluding carboxylic acids is 1. The van der Waals surface area contributed by atoms with E-state index in [0.29, 0.717) is 6.42 Å². The largest absolute Gasteiger partial charge is 0.480 e. The predicted molar refractivity (Wildman–Crippen MR) is 71.4 cm³/mol. The summed E-state index contributed by atoms with van der Waals surface area (Å²) >= 11 is 0. The summed E-state index contributed by atoms with van der Waals surface area (Å²) in [6.45, 7) is 5.90. The third-order valence-electron chi connectivity index (χ3n) is 2.92. The Labute approximate surface area is 110 Å². The summed E-state index contributed by atoms with van der Waals surface area (Å²) in [5.41, 5.74) is 0. The Balaban J connectivity index is 4.61. The van der Waals surface area contributed by atoms with E-state index in [4.69, 9.17) is 5.11 Å². The first-order chi connectivity index (χ1) is 8.31. The van der Waals surface area contributed by atoms with Crippen LogP contribution in [0.4, 0.5) is 0 Å². The van der Waals surface area contributed by atoms with Crippen LogP contribution in [0.3, 0.4) is 0 Å². The molecule has 0 rings (SSSR count). The van der Waals surface area contributed by atoms with E-state index in [0.717, 1.165) is 12.8 Å². The second kappa shape index (κ2) is 8.08. The Morgan fingerprint density at radius 3 is 2.17 bits per heavy atom. The molecule has 0 saturated heterocycles. The molecule has 106 valence electrons. The van der Waals surface area contributed by atoms with E-state index in [2.05, 4.69) is 5.32 Å². The summed E-state index contributed by atoms with van der Waals surface area (Å²) in [5, 5.41) is 11.7. The van der Waals surface area contributed by atoms with E-state index in [1.165, 1.54) is 0 Å². The van der Waals surface area contributed by atoms with Crippen molar-refractivity contribution in [1.29, 1.82) is 0 Å². The number of nitrogens with one attached hydrogen (secondary N) is 1. The van der Waals surface area contributed by atoms with Gasteiger partial charge in [0, 0.05) is 0 Å². The number of unbranched alkanes of at least 4 members (excludes halogenated alkanes) is 1. The molecule has 5 nitrogen and oxygen atoms in total. The standard InChI is InChI=1S/C13H26N2O3/c1-6-7-8-10(13(17)18)14-12(16)11(9(2)3)15(4)5/h9-11H,6-8H2,1-5H3,(H,14,16)(H,17,18)/t10-,11?/m0/s1. The van der Waals surface area contributed by atoms with Crippen LogP contribution in [0.15, 0.2) is 0 Å². The average Bonchev–Trinajstić information content (AvgIpc) is 2.22. The third-order valence-corrected chi connectivity index (χ3v) is 2.92. The van der Waals surface area contributed by atoms with E-state index >= 15 is 0 Å². The fraction of sp³-hybridized carbons (Fsp3) is 0.846. The van der Waals surface area contributed by atoms with Gasteiger partial charge in [-0.05, 0) is 26.4 Å². The molecule has 0 bridgehead atoms. The van der Waals surface area contributed by atoms with Crippen molar-refractivity contribution in [3.05, 3.63) is 0 Å². The molecule has 0 aromatic heterocycles. The quantitative estimate of drug-likeness (QED) is 0.689. The van der Waals surface area contributed by atoms with Gasteiger partial charge in [0.1, 0.15) is 6.04 Å². The predicted octanol–water partition coefficient (Wildman–Crippen LogP) is 1.33. The van der Waals surface area contributed by atoms with Gasteiger partial charge in [-0.15, -0.1) is 0 Å². The van der Waals surface area contributed by atoms with E-state index in [1.807, 2.05) is 39.8 Å². The van der Waals surface area contributed by atoms with Crippen molar-refractivity contribution in [2.45, 2.75) is 52.1 Å². The van der Waals surface area contributed by atoms with Crippen LogP contribution in [0, 0.1) is 5.92 Å². The van der Waals surface area contributed by atoms with Gasteiger partial charge in [-0.2, -0.15) is 0 Å². The van der Waals surface area contributed by atoms with Gasteiger partial charge in [-0.25, -0.2) is 4.79 Å². The second-order valence-electron chi connectivity index (χ2n) is 5.19. The first kappa shape index (κ1) is 16.9. The van der Waals surface area contributed by atoms with Crippen LogP contribution in [0.25, 0.3) is 0 Å². The van der Waals surface area contributed by atoms with Crippen LogP contribution >= 0.6 is 0 Å². The Morgan fingerprint density at radius 2 is 1.83 bits per heavy atom. The molecular formula is C13H26N2O3.